The number of hydrogen-bond donors (Lipinski definition) is 1. The van der Waals surface area contributed by atoms with Gasteiger partial charge in [0.25, 0.3) is 5.69 Å². The SMILES string of the molecule is CCOc1ccc(Cl)cc1S(=O)(=O)N1CCC(C(=O)Nc2cccc([N+](=O)[O-])c2)CC1. The number of hydrogen-bond acceptors (Lipinski definition) is 6. The summed E-state index contributed by atoms with van der Waals surface area (Å²) in [4.78, 5) is 22.9. The number of amides is 1. The van der Waals surface area contributed by atoms with Crippen molar-refractivity contribution < 1.29 is 22.9 Å². The van der Waals surface area contributed by atoms with E-state index in [2.05, 4.69) is 5.32 Å². The molecule has 1 fully saturated rings. The molecule has 2 aromatic carbocycles. The summed E-state index contributed by atoms with van der Waals surface area (Å²) in [5, 5.41) is 13.8. The van der Waals surface area contributed by atoms with Crippen molar-refractivity contribution in [3.05, 3.63) is 57.6 Å². The minimum absolute atomic E-state index is 0.00125. The Balaban J connectivity index is 1.68. The lowest BCUT2D eigenvalue weighted by atomic mass is 9.97. The molecule has 0 radical (unpaired) electrons. The molecule has 2 aromatic rings. The number of nitro benzene ring substituents is 1. The molecule has 3 rings (SSSR count). The molecule has 166 valence electrons. The van der Waals surface area contributed by atoms with E-state index >= 15 is 0 Å². The second kappa shape index (κ2) is 9.63. The van der Waals surface area contributed by atoms with E-state index in [-0.39, 0.29) is 40.4 Å². The van der Waals surface area contributed by atoms with E-state index in [1.807, 2.05) is 0 Å². The van der Waals surface area contributed by atoms with Crippen LogP contribution in [0.2, 0.25) is 5.02 Å². The molecular formula is C20H22ClN3O6S. The minimum atomic E-state index is -3.84. The van der Waals surface area contributed by atoms with Crippen molar-refractivity contribution in [2.45, 2.75) is 24.7 Å². The summed E-state index contributed by atoms with van der Waals surface area (Å²) < 4.78 is 33.0. The fraction of sp³-hybridized carbons (Fsp3) is 0.350. The van der Waals surface area contributed by atoms with Crippen molar-refractivity contribution in [1.82, 2.24) is 4.31 Å². The first kappa shape index (κ1) is 23.0. The second-order valence-electron chi connectivity index (χ2n) is 7.00. The van der Waals surface area contributed by atoms with Gasteiger partial charge in [-0.2, -0.15) is 4.31 Å². The summed E-state index contributed by atoms with van der Waals surface area (Å²) >= 11 is 6.00. The van der Waals surface area contributed by atoms with Gasteiger partial charge in [-0.05, 0) is 44.0 Å². The average molecular weight is 468 g/mol. The number of sulfonamides is 1. The summed E-state index contributed by atoms with van der Waals surface area (Å²) in [6.07, 6.45) is 0.648. The summed E-state index contributed by atoms with van der Waals surface area (Å²) in [7, 11) is -3.84. The van der Waals surface area contributed by atoms with Crippen molar-refractivity contribution in [2.24, 2.45) is 5.92 Å². The molecule has 0 spiro atoms. The van der Waals surface area contributed by atoms with Gasteiger partial charge in [0, 0.05) is 41.9 Å². The molecule has 0 unspecified atom stereocenters. The van der Waals surface area contributed by atoms with Crippen molar-refractivity contribution in [3.63, 3.8) is 0 Å². The number of carbonyl (C=O) groups is 1. The summed E-state index contributed by atoms with van der Waals surface area (Å²) in [5.41, 5.74) is 0.208. The summed E-state index contributed by atoms with van der Waals surface area (Å²) in [5.74, 6) is -0.468. The Morgan fingerprint density at radius 1 is 1.26 bits per heavy atom. The molecule has 0 aliphatic carbocycles. The molecule has 1 aliphatic rings. The molecule has 1 saturated heterocycles. The van der Waals surface area contributed by atoms with Crippen LogP contribution in [0.1, 0.15) is 19.8 Å². The average Bonchev–Trinajstić information content (AvgIpc) is 2.75. The molecule has 1 N–H and O–H groups in total. The number of carbonyl (C=O) groups excluding carboxylic acids is 1. The first-order valence-electron chi connectivity index (χ1n) is 9.70. The highest BCUT2D eigenvalue weighted by Crippen LogP contribution is 2.32. The number of anilines is 1. The highest BCUT2D eigenvalue weighted by Gasteiger charge is 2.34. The summed E-state index contributed by atoms with van der Waals surface area (Å²) in [6, 6.07) is 10.1. The molecule has 9 nitrogen and oxygen atoms in total. The van der Waals surface area contributed by atoms with E-state index in [0.29, 0.717) is 25.1 Å². The molecular weight excluding hydrogens is 446 g/mol. The van der Waals surface area contributed by atoms with E-state index in [1.165, 1.54) is 34.6 Å². The predicted octanol–water partition coefficient (Wildman–Crippen LogP) is 3.69. The molecule has 0 aromatic heterocycles. The van der Waals surface area contributed by atoms with Gasteiger partial charge in [-0.25, -0.2) is 8.42 Å². The molecule has 1 heterocycles. The maximum Gasteiger partial charge on any atom is 0.271 e. The van der Waals surface area contributed by atoms with Crippen LogP contribution < -0.4 is 10.1 Å². The Hall–Kier alpha value is -2.69. The van der Waals surface area contributed by atoms with E-state index in [4.69, 9.17) is 16.3 Å². The van der Waals surface area contributed by atoms with Gasteiger partial charge in [-0.1, -0.05) is 17.7 Å². The topological polar surface area (TPSA) is 119 Å². The van der Waals surface area contributed by atoms with Crippen LogP contribution in [0.15, 0.2) is 47.4 Å². The maximum atomic E-state index is 13.1. The fourth-order valence-corrected chi connectivity index (χ4v) is 5.26. The molecule has 1 aliphatic heterocycles. The fourth-order valence-electron chi connectivity index (χ4n) is 3.40. The number of nitro groups is 1. The third kappa shape index (κ3) is 5.33. The largest absolute Gasteiger partial charge is 0.492 e. The Labute approximate surface area is 185 Å². The number of benzene rings is 2. The smallest absolute Gasteiger partial charge is 0.271 e. The molecule has 0 bridgehead atoms. The van der Waals surface area contributed by atoms with Crippen LogP contribution in [0.5, 0.6) is 5.75 Å². The van der Waals surface area contributed by atoms with Crippen LogP contribution in [0.25, 0.3) is 0 Å². The Kier molecular flexibility index (Phi) is 7.14. The molecule has 1 amide bonds. The van der Waals surface area contributed by atoms with E-state index in [0.717, 1.165) is 0 Å². The number of halogens is 1. The highest BCUT2D eigenvalue weighted by molar-refractivity contribution is 7.89. The van der Waals surface area contributed by atoms with E-state index in [9.17, 15) is 23.3 Å². The lowest BCUT2D eigenvalue weighted by Crippen LogP contribution is -2.41. The van der Waals surface area contributed by atoms with E-state index in [1.54, 1.807) is 19.1 Å². The lowest BCUT2D eigenvalue weighted by molar-refractivity contribution is -0.384. The third-order valence-corrected chi connectivity index (χ3v) is 7.13. The van der Waals surface area contributed by atoms with Gasteiger partial charge in [-0.3, -0.25) is 14.9 Å². The number of rotatable bonds is 7. The van der Waals surface area contributed by atoms with Gasteiger partial charge >= 0.3 is 0 Å². The van der Waals surface area contributed by atoms with Gasteiger partial charge in [0.2, 0.25) is 15.9 Å². The first-order valence-corrected chi connectivity index (χ1v) is 11.5. The second-order valence-corrected chi connectivity index (χ2v) is 9.34. The zero-order valence-electron chi connectivity index (χ0n) is 16.8. The Morgan fingerprint density at radius 2 is 1.97 bits per heavy atom. The maximum absolute atomic E-state index is 13.1. The van der Waals surface area contributed by atoms with Crippen molar-refractivity contribution in [2.75, 3.05) is 25.0 Å². The molecule has 0 atom stereocenters. The van der Waals surface area contributed by atoms with Crippen LogP contribution in [0, 0.1) is 16.0 Å². The van der Waals surface area contributed by atoms with Crippen LogP contribution >= 0.6 is 11.6 Å². The van der Waals surface area contributed by atoms with E-state index < -0.39 is 20.9 Å². The molecule has 11 heteroatoms. The zero-order chi connectivity index (χ0) is 22.6. The predicted molar refractivity (Wildman–Crippen MR) is 116 cm³/mol. The Morgan fingerprint density at radius 3 is 2.61 bits per heavy atom. The van der Waals surface area contributed by atoms with Crippen LogP contribution in [0.3, 0.4) is 0 Å². The van der Waals surface area contributed by atoms with Gasteiger partial charge in [-0.15, -0.1) is 0 Å². The van der Waals surface area contributed by atoms with Crippen molar-refractivity contribution >= 4 is 38.9 Å². The lowest BCUT2D eigenvalue weighted by Gasteiger charge is -2.31. The quantitative estimate of drug-likeness (QED) is 0.490. The summed E-state index contributed by atoms with van der Waals surface area (Å²) in [6.45, 7) is 2.39. The number of piperidine rings is 1. The molecule has 31 heavy (non-hydrogen) atoms. The highest BCUT2D eigenvalue weighted by atomic mass is 35.5. The van der Waals surface area contributed by atoms with Crippen LogP contribution in [0.4, 0.5) is 11.4 Å². The molecule has 0 saturated carbocycles. The number of non-ortho nitro benzene ring substituents is 1. The van der Waals surface area contributed by atoms with Gasteiger partial charge < -0.3 is 10.1 Å². The van der Waals surface area contributed by atoms with Gasteiger partial charge in [0.1, 0.15) is 10.6 Å². The van der Waals surface area contributed by atoms with Crippen molar-refractivity contribution in [3.8, 4) is 5.75 Å². The van der Waals surface area contributed by atoms with Crippen molar-refractivity contribution in [1.29, 1.82) is 0 Å². The third-order valence-electron chi connectivity index (χ3n) is 4.97. The number of nitrogens with zero attached hydrogens (tertiary/aromatic N) is 2. The van der Waals surface area contributed by atoms with Crippen LogP contribution in [-0.4, -0.2) is 43.2 Å². The standard InChI is InChI=1S/C20H22ClN3O6S/c1-2-30-18-7-6-15(21)12-19(18)31(28,29)23-10-8-14(9-11-23)20(25)22-16-4-3-5-17(13-16)24(26)27/h3-7,12-14H,2,8-11H2,1H3,(H,22,25). The zero-order valence-corrected chi connectivity index (χ0v) is 18.4. The number of nitrogens with one attached hydrogen (secondary N) is 1. The van der Waals surface area contributed by atoms with Gasteiger partial charge in [0.15, 0.2) is 0 Å². The van der Waals surface area contributed by atoms with Crippen LogP contribution in [-0.2, 0) is 14.8 Å². The monoisotopic (exact) mass is 467 g/mol. The first-order chi connectivity index (χ1) is 14.7. The number of ether oxygens (including phenoxy) is 1. The Bertz CT molecular complexity index is 1080. The normalized spacial score (nSPS) is 15.4. The van der Waals surface area contributed by atoms with Gasteiger partial charge in [0.05, 0.1) is 11.5 Å². The minimum Gasteiger partial charge on any atom is -0.492 e.